The van der Waals surface area contributed by atoms with E-state index in [2.05, 4.69) is 15.2 Å². The highest BCUT2D eigenvalue weighted by Crippen LogP contribution is 1.83. The second-order valence-corrected chi connectivity index (χ2v) is 1.73. The van der Waals surface area contributed by atoms with E-state index in [1.54, 1.807) is 22.9 Å². The predicted molar refractivity (Wildman–Crippen MR) is 44.0 cm³/mol. The van der Waals surface area contributed by atoms with Gasteiger partial charge >= 0.3 is 0 Å². The molecular weight excluding hydrogens is 233 g/mol. The van der Waals surface area contributed by atoms with Gasteiger partial charge in [-0.3, -0.25) is 4.79 Å². The van der Waals surface area contributed by atoms with Crippen molar-refractivity contribution in [2.45, 2.75) is 0 Å². The second-order valence-electron chi connectivity index (χ2n) is 1.19. The van der Waals surface area contributed by atoms with Crippen molar-refractivity contribution in [3.63, 3.8) is 0 Å². The van der Waals surface area contributed by atoms with Crippen LogP contribution in [0.2, 0.25) is 0 Å². The molecule has 0 radical (unpaired) electrons. The van der Waals surface area contributed by atoms with E-state index in [9.17, 15) is 4.79 Å². The molecule has 0 aromatic rings. The molecule has 50 valence electrons. The van der Waals surface area contributed by atoms with Gasteiger partial charge < -0.3 is 9.26 Å². The Morgan fingerprint density at radius 2 is 2.44 bits per heavy atom. The van der Waals surface area contributed by atoms with E-state index < -0.39 is 5.91 Å². The van der Waals surface area contributed by atoms with E-state index in [0.29, 0.717) is 0 Å². The fourth-order valence-electron chi connectivity index (χ4n) is 0.206. The number of aliphatic imine (C=N–C) groups is 1. The zero-order valence-electron chi connectivity index (χ0n) is 4.60. The fourth-order valence-corrected chi connectivity index (χ4v) is 0.362. The standard InChI is InChI=1S/C4H6IN3O/c1-7-4(9)2-3(6)8-5/h2,8H,1,6H2/b3-2-. The highest BCUT2D eigenvalue weighted by Gasteiger charge is 1.90. The maximum Gasteiger partial charge on any atom is 0.272 e. The highest BCUT2D eigenvalue weighted by atomic mass is 127. The van der Waals surface area contributed by atoms with Crippen molar-refractivity contribution in [1.82, 2.24) is 3.53 Å². The number of hydrogen-bond donors (Lipinski definition) is 2. The number of nitrogens with one attached hydrogen (secondary N) is 1. The molecule has 0 aromatic carbocycles. The van der Waals surface area contributed by atoms with Crippen LogP contribution in [0, 0.1) is 0 Å². The summed E-state index contributed by atoms with van der Waals surface area (Å²) in [5.74, 6) is -0.176. The number of amides is 1. The number of hydrogen-bond acceptors (Lipinski definition) is 3. The lowest BCUT2D eigenvalue weighted by Crippen LogP contribution is -2.10. The maximum atomic E-state index is 10.4. The lowest BCUT2D eigenvalue weighted by atomic mass is 10.5. The molecule has 0 rings (SSSR count). The third-order valence-corrected chi connectivity index (χ3v) is 1.17. The minimum absolute atomic E-state index is 0.271. The summed E-state index contributed by atoms with van der Waals surface area (Å²) in [7, 11) is 0. The maximum absolute atomic E-state index is 10.4. The van der Waals surface area contributed by atoms with Crippen LogP contribution in [0.15, 0.2) is 16.9 Å². The SMILES string of the molecule is C=NC(=O)/C=C(/N)NI. The van der Waals surface area contributed by atoms with Crippen LogP contribution < -0.4 is 9.26 Å². The summed E-state index contributed by atoms with van der Waals surface area (Å²) in [5, 5.41) is 0. The number of carbonyl (C=O) groups excluding carboxylic acids is 1. The summed E-state index contributed by atoms with van der Waals surface area (Å²) < 4.78 is 2.53. The zero-order valence-corrected chi connectivity index (χ0v) is 6.75. The first-order valence-corrected chi connectivity index (χ1v) is 3.13. The van der Waals surface area contributed by atoms with Crippen molar-refractivity contribution in [3.05, 3.63) is 11.9 Å². The van der Waals surface area contributed by atoms with Gasteiger partial charge in [-0.05, 0) is 6.72 Å². The number of halogens is 1. The van der Waals surface area contributed by atoms with Crippen LogP contribution in [0.4, 0.5) is 0 Å². The smallest absolute Gasteiger partial charge is 0.272 e. The molecule has 0 aromatic heterocycles. The molecule has 0 unspecified atom stereocenters. The zero-order chi connectivity index (χ0) is 7.28. The Balaban J connectivity index is 3.94. The van der Waals surface area contributed by atoms with Crippen LogP contribution in [0.3, 0.4) is 0 Å². The first-order valence-electron chi connectivity index (χ1n) is 2.05. The van der Waals surface area contributed by atoms with Gasteiger partial charge in [0.15, 0.2) is 0 Å². The van der Waals surface area contributed by atoms with Gasteiger partial charge in [-0.1, -0.05) is 0 Å². The first kappa shape index (κ1) is 8.41. The molecule has 0 spiro atoms. The van der Waals surface area contributed by atoms with Gasteiger partial charge in [0, 0.05) is 6.08 Å². The normalized spacial score (nSPS) is 10.6. The Morgan fingerprint density at radius 1 is 1.89 bits per heavy atom. The summed E-state index contributed by atoms with van der Waals surface area (Å²) in [6, 6.07) is 0. The molecule has 0 bridgehead atoms. The van der Waals surface area contributed by atoms with Crippen LogP contribution in [0.5, 0.6) is 0 Å². The largest absolute Gasteiger partial charge is 0.385 e. The number of rotatable bonds is 2. The molecule has 0 aliphatic carbocycles. The van der Waals surface area contributed by atoms with Gasteiger partial charge in [-0.2, -0.15) is 0 Å². The van der Waals surface area contributed by atoms with Crippen molar-refractivity contribution in [1.29, 1.82) is 0 Å². The summed E-state index contributed by atoms with van der Waals surface area (Å²) in [6.07, 6.45) is 1.15. The molecule has 0 saturated carbocycles. The third kappa shape index (κ3) is 3.95. The van der Waals surface area contributed by atoms with E-state index in [-0.39, 0.29) is 5.82 Å². The Labute approximate surface area is 66.7 Å². The fraction of sp³-hybridized carbons (Fsp3) is 0. The Hall–Kier alpha value is -0.590. The number of carbonyl (C=O) groups is 1. The van der Waals surface area contributed by atoms with Crippen molar-refractivity contribution >= 4 is 35.5 Å². The topological polar surface area (TPSA) is 67.5 Å². The highest BCUT2D eigenvalue weighted by molar-refractivity contribution is 14.1. The molecule has 0 fully saturated rings. The van der Waals surface area contributed by atoms with E-state index in [1.807, 2.05) is 0 Å². The van der Waals surface area contributed by atoms with Crippen molar-refractivity contribution in [2.75, 3.05) is 0 Å². The van der Waals surface area contributed by atoms with E-state index in [1.165, 1.54) is 0 Å². The van der Waals surface area contributed by atoms with Crippen LogP contribution in [0.25, 0.3) is 0 Å². The summed E-state index contributed by atoms with van der Waals surface area (Å²) >= 11 is 1.81. The monoisotopic (exact) mass is 239 g/mol. The van der Waals surface area contributed by atoms with E-state index >= 15 is 0 Å². The van der Waals surface area contributed by atoms with Gasteiger partial charge in [-0.15, -0.1) is 0 Å². The molecule has 5 heteroatoms. The minimum Gasteiger partial charge on any atom is -0.385 e. The molecule has 0 aliphatic heterocycles. The summed E-state index contributed by atoms with van der Waals surface area (Å²) in [4.78, 5) is 13.4. The van der Waals surface area contributed by atoms with Gasteiger partial charge in [0.25, 0.3) is 5.91 Å². The van der Waals surface area contributed by atoms with E-state index in [0.717, 1.165) is 6.08 Å². The first-order chi connectivity index (χ1) is 4.20. The van der Waals surface area contributed by atoms with Gasteiger partial charge in [0.05, 0.1) is 22.9 Å². The molecule has 0 heterocycles. The van der Waals surface area contributed by atoms with Crippen LogP contribution in [-0.4, -0.2) is 12.6 Å². The van der Waals surface area contributed by atoms with Gasteiger partial charge in [0.1, 0.15) is 5.82 Å². The van der Waals surface area contributed by atoms with Crippen molar-refractivity contribution in [2.24, 2.45) is 10.7 Å². The second kappa shape index (κ2) is 4.30. The Bertz CT molecular complexity index is 154. The van der Waals surface area contributed by atoms with Crippen LogP contribution in [-0.2, 0) is 4.79 Å². The number of nitrogens with zero attached hydrogens (tertiary/aromatic N) is 1. The molecule has 0 saturated heterocycles. The van der Waals surface area contributed by atoms with E-state index in [4.69, 9.17) is 5.73 Å². The molecule has 4 nitrogen and oxygen atoms in total. The lowest BCUT2D eigenvalue weighted by molar-refractivity contribution is -0.113. The van der Waals surface area contributed by atoms with Crippen molar-refractivity contribution < 1.29 is 4.79 Å². The quantitative estimate of drug-likeness (QED) is 0.307. The van der Waals surface area contributed by atoms with Crippen molar-refractivity contribution in [3.8, 4) is 0 Å². The molecule has 9 heavy (non-hydrogen) atoms. The van der Waals surface area contributed by atoms with Crippen LogP contribution >= 0.6 is 22.9 Å². The predicted octanol–water partition coefficient (Wildman–Crippen LogP) is -0.0467. The Morgan fingerprint density at radius 3 is 2.78 bits per heavy atom. The van der Waals surface area contributed by atoms with Gasteiger partial charge in [-0.25, -0.2) is 4.99 Å². The third-order valence-electron chi connectivity index (χ3n) is 0.544. The molecule has 0 atom stereocenters. The minimum atomic E-state index is -0.448. The lowest BCUT2D eigenvalue weighted by Gasteiger charge is -1.91. The average Bonchev–Trinajstić information content (AvgIpc) is 1.87. The average molecular weight is 239 g/mol. The van der Waals surface area contributed by atoms with Crippen LogP contribution in [0.1, 0.15) is 0 Å². The summed E-state index contributed by atoms with van der Waals surface area (Å²) in [5.41, 5.74) is 5.18. The summed E-state index contributed by atoms with van der Waals surface area (Å²) in [6.45, 7) is 3.02. The molecule has 1 amide bonds. The molecule has 0 aliphatic rings. The van der Waals surface area contributed by atoms with Gasteiger partial charge in [0.2, 0.25) is 0 Å². The molecule has 3 N–H and O–H groups in total. The molecular formula is C4H6IN3O. The Kier molecular flexibility index (Phi) is 4.02. The number of nitrogens with two attached hydrogens (primary N) is 1.